The monoisotopic (exact) mass is 739 g/mol. The summed E-state index contributed by atoms with van der Waals surface area (Å²) in [5.41, 5.74) is 12.3. The predicted octanol–water partition coefficient (Wildman–Crippen LogP) is 13.3. The average molecular weight is 740 g/mol. The molecule has 0 fully saturated rings. The Morgan fingerprint density at radius 2 is 0.759 bits per heavy atom. The molecule has 0 bridgehead atoms. The molecule has 0 unspecified atom stereocenters. The highest BCUT2D eigenvalue weighted by molar-refractivity contribution is 6.31. The predicted molar refractivity (Wildman–Crippen MR) is 239 cm³/mol. The molecule has 58 heavy (non-hydrogen) atoms. The highest BCUT2D eigenvalue weighted by Gasteiger charge is 2.20. The third-order valence-corrected chi connectivity index (χ3v) is 11.5. The topological polar surface area (TPSA) is 48.0 Å². The Morgan fingerprint density at radius 1 is 0.293 bits per heavy atom. The van der Waals surface area contributed by atoms with E-state index in [1.54, 1.807) is 0 Å². The minimum Gasteiger partial charge on any atom is -0.309 e. The summed E-state index contributed by atoms with van der Waals surface area (Å²) in [6.07, 6.45) is 0. The molecule has 0 saturated heterocycles. The van der Waals surface area contributed by atoms with Gasteiger partial charge in [-0.15, -0.1) is 0 Å². The van der Waals surface area contributed by atoms with Gasteiger partial charge < -0.3 is 8.97 Å². The maximum absolute atomic E-state index is 4.93. The lowest BCUT2D eigenvalue weighted by Crippen LogP contribution is -2.00. The minimum absolute atomic E-state index is 0.646. The fourth-order valence-electron chi connectivity index (χ4n) is 8.88. The van der Waals surface area contributed by atoms with Crippen LogP contribution < -0.4 is 0 Å². The van der Waals surface area contributed by atoms with Crippen LogP contribution in [-0.2, 0) is 0 Å². The van der Waals surface area contributed by atoms with Gasteiger partial charge in [0.1, 0.15) is 0 Å². The van der Waals surface area contributed by atoms with Gasteiger partial charge in [0.15, 0.2) is 17.5 Å². The third-order valence-electron chi connectivity index (χ3n) is 11.5. The zero-order valence-electron chi connectivity index (χ0n) is 31.3. The van der Waals surface area contributed by atoms with E-state index in [1.807, 2.05) is 60.7 Å². The van der Waals surface area contributed by atoms with E-state index in [0.717, 1.165) is 33.5 Å². The largest absolute Gasteiger partial charge is 0.309 e. The lowest BCUT2D eigenvalue weighted by molar-refractivity contribution is 1.07. The summed E-state index contributed by atoms with van der Waals surface area (Å²) in [7, 11) is 0. The van der Waals surface area contributed by atoms with Crippen LogP contribution in [0.3, 0.4) is 0 Å². The molecule has 0 aliphatic carbocycles. The highest BCUT2D eigenvalue weighted by Crippen LogP contribution is 2.43. The first-order valence-electron chi connectivity index (χ1n) is 19.6. The summed E-state index contributed by atoms with van der Waals surface area (Å²) in [5, 5.41) is 7.58. The number of hydrogen-bond acceptors (Lipinski definition) is 3. The molecule has 0 atom stereocenters. The molecule has 5 heteroatoms. The molecule has 5 nitrogen and oxygen atoms in total. The number of nitrogens with zero attached hydrogens (tertiary/aromatic N) is 5. The van der Waals surface area contributed by atoms with Gasteiger partial charge in [-0.25, -0.2) is 15.0 Å². The molecule has 0 radical (unpaired) electrons. The maximum Gasteiger partial charge on any atom is 0.164 e. The van der Waals surface area contributed by atoms with Crippen molar-refractivity contribution in [2.45, 2.75) is 0 Å². The summed E-state index contributed by atoms with van der Waals surface area (Å²) in [4.78, 5) is 14.7. The normalized spacial score (nSPS) is 11.8. The molecule has 8 aromatic carbocycles. The Labute approximate surface area is 333 Å². The number of para-hydroxylation sites is 3. The first kappa shape index (κ1) is 32.4. The molecular formula is C53H33N5. The first-order chi connectivity index (χ1) is 28.8. The average Bonchev–Trinajstić information content (AvgIpc) is 3.86. The number of rotatable bonds is 5. The van der Waals surface area contributed by atoms with Crippen LogP contribution in [0.5, 0.6) is 0 Å². The maximum atomic E-state index is 4.93. The van der Waals surface area contributed by atoms with Crippen molar-refractivity contribution in [1.29, 1.82) is 0 Å². The molecule has 0 spiro atoms. The zero-order valence-corrected chi connectivity index (χ0v) is 31.3. The Balaban J connectivity index is 0.961. The molecule has 12 aromatic rings. The Hall–Kier alpha value is -7.89. The number of fused-ring (bicyclic) bond motifs is 12. The van der Waals surface area contributed by atoms with E-state index in [2.05, 4.69) is 148 Å². The van der Waals surface area contributed by atoms with Crippen molar-refractivity contribution in [3.63, 3.8) is 0 Å². The summed E-state index contributed by atoms with van der Waals surface area (Å²) in [6.45, 7) is 0. The van der Waals surface area contributed by atoms with Gasteiger partial charge in [0.25, 0.3) is 0 Å². The van der Waals surface area contributed by atoms with Crippen LogP contribution in [-0.4, -0.2) is 23.9 Å². The van der Waals surface area contributed by atoms with Crippen molar-refractivity contribution in [3.05, 3.63) is 200 Å². The number of hydrogen-bond donors (Lipinski definition) is 0. The molecule has 12 rings (SSSR count). The van der Waals surface area contributed by atoms with E-state index < -0.39 is 0 Å². The standard InChI is InChI=1S/C53H33N5/c1-3-13-36(14-4-1)51-54-52(37-15-5-2-6-16-37)56-53(55-51)38-25-23-34(24-26-38)35-27-29-40(30-28-35)57-45-21-11-9-19-42(45)50-47(57)32-31-43-48-33-39-17-7-10-20-44(39)58(48)46-22-12-8-18-41(46)49(43)50/h1-33H. The van der Waals surface area contributed by atoms with Crippen molar-refractivity contribution < 1.29 is 0 Å². The fourth-order valence-corrected chi connectivity index (χ4v) is 8.88. The fraction of sp³-hybridized carbons (Fsp3) is 0. The van der Waals surface area contributed by atoms with Gasteiger partial charge in [0.05, 0.1) is 27.6 Å². The quantitative estimate of drug-likeness (QED) is 0.165. The highest BCUT2D eigenvalue weighted by atomic mass is 15.0. The minimum atomic E-state index is 0.646. The van der Waals surface area contributed by atoms with Crippen LogP contribution in [0, 0.1) is 0 Å². The lowest BCUT2D eigenvalue weighted by atomic mass is 9.99. The third kappa shape index (κ3) is 5.00. The molecule has 4 aromatic heterocycles. The summed E-state index contributed by atoms with van der Waals surface area (Å²) in [6, 6.07) is 71.0. The Kier molecular flexibility index (Phi) is 7.16. The summed E-state index contributed by atoms with van der Waals surface area (Å²) >= 11 is 0. The second kappa shape index (κ2) is 12.8. The van der Waals surface area contributed by atoms with Crippen LogP contribution >= 0.6 is 0 Å². The van der Waals surface area contributed by atoms with Gasteiger partial charge in [-0.2, -0.15) is 0 Å². The van der Waals surface area contributed by atoms with Crippen LogP contribution in [0.15, 0.2) is 200 Å². The van der Waals surface area contributed by atoms with Gasteiger partial charge in [-0.3, -0.25) is 0 Å². The Morgan fingerprint density at radius 3 is 1.40 bits per heavy atom. The molecule has 0 amide bonds. The van der Waals surface area contributed by atoms with Gasteiger partial charge in [0.2, 0.25) is 0 Å². The van der Waals surface area contributed by atoms with Crippen LogP contribution in [0.1, 0.15) is 0 Å². The van der Waals surface area contributed by atoms with Crippen LogP contribution in [0.4, 0.5) is 0 Å². The van der Waals surface area contributed by atoms with Crippen LogP contribution in [0.2, 0.25) is 0 Å². The summed E-state index contributed by atoms with van der Waals surface area (Å²) in [5.74, 6) is 1.95. The lowest BCUT2D eigenvalue weighted by Gasteiger charge is -2.13. The van der Waals surface area contributed by atoms with E-state index in [-0.39, 0.29) is 0 Å². The van der Waals surface area contributed by atoms with Crippen LogP contribution in [0.25, 0.3) is 111 Å². The number of aromatic nitrogens is 5. The number of pyridine rings is 1. The molecule has 0 saturated carbocycles. The van der Waals surface area contributed by atoms with E-state index >= 15 is 0 Å². The van der Waals surface area contributed by atoms with Crippen molar-refractivity contribution >= 4 is 59.9 Å². The molecule has 270 valence electrons. The second-order valence-corrected chi connectivity index (χ2v) is 14.8. The molecule has 0 N–H and O–H groups in total. The van der Waals surface area contributed by atoms with Crippen molar-refractivity contribution in [3.8, 4) is 51.0 Å². The zero-order chi connectivity index (χ0) is 38.2. The second-order valence-electron chi connectivity index (χ2n) is 14.8. The molecule has 4 heterocycles. The van der Waals surface area contributed by atoms with E-state index in [1.165, 1.54) is 59.9 Å². The molecule has 0 aliphatic heterocycles. The summed E-state index contributed by atoms with van der Waals surface area (Å²) < 4.78 is 4.84. The number of benzene rings is 8. The van der Waals surface area contributed by atoms with E-state index in [4.69, 9.17) is 15.0 Å². The van der Waals surface area contributed by atoms with Gasteiger partial charge in [-0.05, 0) is 53.6 Å². The first-order valence-corrected chi connectivity index (χ1v) is 19.6. The van der Waals surface area contributed by atoms with E-state index in [0.29, 0.717) is 17.5 Å². The van der Waals surface area contributed by atoms with Gasteiger partial charge >= 0.3 is 0 Å². The van der Waals surface area contributed by atoms with Gasteiger partial charge in [0, 0.05) is 54.7 Å². The molecule has 0 aliphatic rings. The van der Waals surface area contributed by atoms with E-state index in [9.17, 15) is 0 Å². The smallest absolute Gasteiger partial charge is 0.164 e. The SMILES string of the molecule is c1ccc(-c2nc(-c3ccccc3)nc(-c3ccc(-c4ccc(-n5c6ccccc6c6c7c8ccccc8n8c9ccccc9cc8c7ccc65)cc4)cc3)n2)cc1. The van der Waals surface area contributed by atoms with Crippen molar-refractivity contribution in [2.24, 2.45) is 0 Å². The van der Waals surface area contributed by atoms with Gasteiger partial charge in [-0.1, -0.05) is 158 Å². The van der Waals surface area contributed by atoms with Crippen molar-refractivity contribution in [2.75, 3.05) is 0 Å². The van der Waals surface area contributed by atoms with Crippen molar-refractivity contribution in [1.82, 2.24) is 23.9 Å². The Bertz CT molecular complexity index is 3470. The molecular weight excluding hydrogens is 707 g/mol.